The van der Waals surface area contributed by atoms with Gasteiger partial charge in [0.2, 0.25) is 5.91 Å². The van der Waals surface area contributed by atoms with Crippen molar-refractivity contribution in [2.45, 2.75) is 25.3 Å². The van der Waals surface area contributed by atoms with Crippen LogP contribution in [0.5, 0.6) is 5.75 Å². The van der Waals surface area contributed by atoms with Gasteiger partial charge in [0.15, 0.2) is 0 Å². The van der Waals surface area contributed by atoms with Gasteiger partial charge < -0.3 is 20.5 Å². The summed E-state index contributed by atoms with van der Waals surface area (Å²) in [6.07, 6.45) is 4.68. The lowest BCUT2D eigenvalue weighted by Gasteiger charge is -2.35. The van der Waals surface area contributed by atoms with Crippen LogP contribution in [-0.2, 0) is 9.59 Å². The average Bonchev–Trinajstić information content (AvgIpc) is 3.18. The van der Waals surface area contributed by atoms with Crippen molar-refractivity contribution < 1.29 is 24.2 Å². The number of esters is 1. The molecule has 4 rings (SSSR count). The third kappa shape index (κ3) is 3.59. The third-order valence-electron chi connectivity index (χ3n) is 5.27. The molecule has 29 heavy (non-hydrogen) atoms. The third-order valence-corrected chi connectivity index (χ3v) is 5.27. The number of carbonyl (C=O) groups excluding carboxylic acids is 2. The zero-order valence-electron chi connectivity index (χ0n) is 15.7. The second-order valence-electron chi connectivity index (χ2n) is 7.18. The van der Waals surface area contributed by atoms with Crippen molar-refractivity contribution in [2.75, 3.05) is 10.6 Å². The Morgan fingerprint density at radius 1 is 1.14 bits per heavy atom. The van der Waals surface area contributed by atoms with Crippen molar-refractivity contribution in [3.63, 3.8) is 0 Å². The summed E-state index contributed by atoms with van der Waals surface area (Å²) in [5.41, 5.74) is 2.29. The van der Waals surface area contributed by atoms with E-state index in [0.717, 1.165) is 5.56 Å². The molecule has 0 fully saturated rings. The Bertz CT molecular complexity index is 1010. The van der Waals surface area contributed by atoms with E-state index in [1.165, 1.54) is 6.92 Å². The number of carboxylic acid groups (broad SMARTS) is 1. The summed E-state index contributed by atoms with van der Waals surface area (Å²) in [4.78, 5) is 35.7. The molecule has 7 nitrogen and oxygen atoms in total. The number of hydrogen-bond acceptors (Lipinski definition) is 5. The maximum absolute atomic E-state index is 12.8. The molecule has 0 saturated carbocycles. The summed E-state index contributed by atoms with van der Waals surface area (Å²) in [5.74, 6) is -1.50. The van der Waals surface area contributed by atoms with Crippen LogP contribution in [0, 0.1) is 5.92 Å². The van der Waals surface area contributed by atoms with Crippen LogP contribution in [0.2, 0.25) is 0 Å². The van der Waals surface area contributed by atoms with E-state index in [2.05, 4.69) is 10.6 Å². The second-order valence-corrected chi connectivity index (χ2v) is 7.18. The second kappa shape index (κ2) is 7.43. The fourth-order valence-electron chi connectivity index (χ4n) is 4.01. The molecule has 0 bridgehead atoms. The SMILES string of the molecule is CC(=O)Nc1ccc(OC(=O)c2cccc3c2N[C@@H](C(=O)O)[C@@H]2CC=C[C@H]32)cc1. The van der Waals surface area contributed by atoms with Crippen molar-refractivity contribution in [1.82, 2.24) is 0 Å². The van der Waals surface area contributed by atoms with Crippen molar-refractivity contribution in [3.05, 3.63) is 65.7 Å². The zero-order valence-corrected chi connectivity index (χ0v) is 15.7. The van der Waals surface area contributed by atoms with E-state index in [9.17, 15) is 19.5 Å². The van der Waals surface area contributed by atoms with Gasteiger partial charge in [-0.15, -0.1) is 0 Å². The largest absolute Gasteiger partial charge is 0.480 e. The van der Waals surface area contributed by atoms with E-state index >= 15 is 0 Å². The zero-order chi connectivity index (χ0) is 20.5. The Balaban J connectivity index is 1.60. The smallest absolute Gasteiger partial charge is 0.345 e. The molecule has 2 aliphatic rings. The van der Waals surface area contributed by atoms with E-state index in [1.54, 1.807) is 36.4 Å². The Labute approximate surface area is 167 Å². The number of aliphatic carboxylic acids is 1. The quantitative estimate of drug-likeness (QED) is 0.418. The minimum atomic E-state index is -0.939. The monoisotopic (exact) mass is 392 g/mol. The Morgan fingerprint density at radius 3 is 2.59 bits per heavy atom. The summed E-state index contributed by atoms with van der Waals surface area (Å²) in [7, 11) is 0. The van der Waals surface area contributed by atoms with Gasteiger partial charge in [-0.2, -0.15) is 0 Å². The molecule has 148 valence electrons. The predicted octanol–water partition coefficient (Wildman–Crippen LogP) is 3.40. The highest BCUT2D eigenvalue weighted by Crippen LogP contribution is 2.45. The summed E-state index contributed by atoms with van der Waals surface area (Å²) in [5, 5.41) is 15.3. The molecule has 0 spiro atoms. The minimum Gasteiger partial charge on any atom is -0.480 e. The molecule has 0 aromatic heterocycles. The lowest BCUT2D eigenvalue weighted by atomic mass is 9.78. The fourth-order valence-corrected chi connectivity index (χ4v) is 4.01. The molecule has 3 atom stereocenters. The molecule has 3 N–H and O–H groups in total. The van der Waals surface area contributed by atoms with Crippen LogP contribution in [0.25, 0.3) is 0 Å². The normalized spacial score (nSPS) is 21.5. The molecular formula is C22H20N2O5. The highest BCUT2D eigenvalue weighted by molar-refractivity contribution is 5.99. The standard InChI is InChI=1S/C22H20N2O5/c1-12(25)23-13-8-10-14(11-9-13)29-22(28)18-7-3-5-16-15-4-2-6-17(15)20(21(26)27)24-19(16)18/h2-5,7-11,15,17,20,24H,6H2,1H3,(H,23,25)(H,26,27)/t15-,17-,20-/m1/s1. The van der Waals surface area contributed by atoms with E-state index < -0.39 is 18.0 Å². The van der Waals surface area contributed by atoms with Gasteiger partial charge in [0.05, 0.1) is 11.3 Å². The molecular weight excluding hydrogens is 372 g/mol. The van der Waals surface area contributed by atoms with Crippen LogP contribution in [-0.4, -0.2) is 29.0 Å². The number of ether oxygens (including phenoxy) is 1. The van der Waals surface area contributed by atoms with Crippen LogP contribution < -0.4 is 15.4 Å². The van der Waals surface area contributed by atoms with Gasteiger partial charge in [-0.05, 0) is 42.3 Å². The van der Waals surface area contributed by atoms with E-state index in [0.29, 0.717) is 29.1 Å². The highest BCUT2D eigenvalue weighted by Gasteiger charge is 2.42. The average molecular weight is 392 g/mol. The van der Waals surface area contributed by atoms with E-state index in [1.807, 2.05) is 18.2 Å². The van der Waals surface area contributed by atoms with Gasteiger partial charge in [-0.1, -0.05) is 24.3 Å². The summed E-state index contributed by atoms with van der Waals surface area (Å²) in [6, 6.07) is 11.0. The first kappa shape index (κ1) is 18.7. The number of amides is 1. The topological polar surface area (TPSA) is 105 Å². The molecule has 1 aliphatic heterocycles. The molecule has 0 radical (unpaired) electrons. The Morgan fingerprint density at radius 2 is 1.90 bits per heavy atom. The van der Waals surface area contributed by atoms with Gasteiger partial charge in [0, 0.05) is 24.4 Å². The summed E-state index contributed by atoms with van der Waals surface area (Å²) < 4.78 is 5.48. The first-order chi connectivity index (χ1) is 13.9. The first-order valence-corrected chi connectivity index (χ1v) is 9.33. The van der Waals surface area contributed by atoms with Gasteiger partial charge in [0.1, 0.15) is 11.8 Å². The molecule has 2 aromatic carbocycles. The van der Waals surface area contributed by atoms with Crippen molar-refractivity contribution >= 4 is 29.2 Å². The number of allylic oxidation sites excluding steroid dienone is 2. The molecule has 2 aromatic rings. The molecule has 7 heteroatoms. The van der Waals surface area contributed by atoms with Gasteiger partial charge in [-0.25, -0.2) is 9.59 Å². The van der Waals surface area contributed by atoms with Gasteiger partial charge >= 0.3 is 11.9 Å². The van der Waals surface area contributed by atoms with Gasteiger partial charge in [0.25, 0.3) is 0 Å². The number of anilines is 2. The van der Waals surface area contributed by atoms with Crippen molar-refractivity contribution in [3.8, 4) is 5.75 Å². The number of nitrogens with one attached hydrogen (secondary N) is 2. The minimum absolute atomic E-state index is 0.0444. The van der Waals surface area contributed by atoms with Crippen LogP contribution in [0.3, 0.4) is 0 Å². The number of benzene rings is 2. The van der Waals surface area contributed by atoms with Gasteiger partial charge in [-0.3, -0.25) is 4.79 Å². The molecule has 0 unspecified atom stereocenters. The van der Waals surface area contributed by atoms with Crippen LogP contribution in [0.15, 0.2) is 54.6 Å². The summed E-state index contributed by atoms with van der Waals surface area (Å²) >= 11 is 0. The molecule has 1 aliphatic carbocycles. The Kier molecular flexibility index (Phi) is 4.80. The fraction of sp³-hybridized carbons (Fsp3) is 0.227. The maximum atomic E-state index is 12.8. The lowest BCUT2D eigenvalue weighted by molar-refractivity contribution is -0.139. The van der Waals surface area contributed by atoms with Crippen LogP contribution >= 0.6 is 0 Å². The van der Waals surface area contributed by atoms with Crippen LogP contribution in [0.1, 0.15) is 35.2 Å². The predicted molar refractivity (Wildman–Crippen MR) is 107 cm³/mol. The van der Waals surface area contributed by atoms with Crippen molar-refractivity contribution in [1.29, 1.82) is 0 Å². The van der Waals surface area contributed by atoms with Crippen molar-refractivity contribution in [2.24, 2.45) is 5.92 Å². The molecule has 1 amide bonds. The Hall–Kier alpha value is -3.61. The number of carbonyl (C=O) groups is 3. The van der Waals surface area contributed by atoms with E-state index in [4.69, 9.17) is 4.74 Å². The van der Waals surface area contributed by atoms with E-state index in [-0.39, 0.29) is 17.7 Å². The number of hydrogen-bond donors (Lipinski definition) is 3. The molecule has 0 saturated heterocycles. The number of fused-ring (bicyclic) bond motifs is 3. The highest BCUT2D eigenvalue weighted by atomic mass is 16.5. The maximum Gasteiger partial charge on any atom is 0.345 e. The summed E-state index contributed by atoms with van der Waals surface area (Å²) in [6.45, 7) is 1.41. The lowest BCUT2D eigenvalue weighted by Crippen LogP contribution is -2.42. The first-order valence-electron chi connectivity index (χ1n) is 9.33. The number of carboxylic acids is 1. The number of para-hydroxylation sites is 1. The number of rotatable bonds is 4. The van der Waals surface area contributed by atoms with Crippen LogP contribution in [0.4, 0.5) is 11.4 Å². The molecule has 1 heterocycles.